The third kappa shape index (κ3) is 3.79. The fraction of sp³-hybridized carbons (Fsp3) is 0.0714. The number of carbonyl (C=O) groups excluding carboxylic acids is 1. The second-order valence-corrected chi connectivity index (χ2v) is 4.90. The number of phenols is 1. The van der Waals surface area contributed by atoms with Gasteiger partial charge in [-0.15, -0.1) is 0 Å². The second-order valence-electron chi connectivity index (χ2n) is 4.08. The molecule has 0 atom stereocenters. The van der Waals surface area contributed by atoms with Gasteiger partial charge in [-0.1, -0.05) is 53.5 Å². The molecule has 0 aliphatic heterocycles. The van der Waals surface area contributed by atoms with Crippen LogP contribution in [0.4, 0.5) is 10.5 Å². The molecule has 0 heterocycles. The van der Waals surface area contributed by atoms with Crippen molar-refractivity contribution in [3.63, 3.8) is 0 Å². The van der Waals surface area contributed by atoms with Gasteiger partial charge in [-0.3, -0.25) is 0 Å². The Bertz CT molecular complexity index is 595. The van der Waals surface area contributed by atoms with E-state index in [4.69, 9.17) is 23.2 Å². The maximum absolute atomic E-state index is 11.7. The number of aromatic hydroxyl groups is 1. The summed E-state index contributed by atoms with van der Waals surface area (Å²) >= 11 is 11.5. The Morgan fingerprint density at radius 2 is 1.70 bits per heavy atom. The molecule has 0 radical (unpaired) electrons. The van der Waals surface area contributed by atoms with Crippen molar-refractivity contribution in [3.05, 3.63) is 58.1 Å². The van der Waals surface area contributed by atoms with Crippen LogP contribution >= 0.6 is 23.2 Å². The molecule has 2 aromatic carbocycles. The molecule has 0 saturated heterocycles. The van der Waals surface area contributed by atoms with E-state index in [-0.39, 0.29) is 21.8 Å². The van der Waals surface area contributed by atoms with Crippen molar-refractivity contribution in [1.82, 2.24) is 5.32 Å². The van der Waals surface area contributed by atoms with Gasteiger partial charge in [0.25, 0.3) is 0 Å². The van der Waals surface area contributed by atoms with E-state index in [9.17, 15) is 9.90 Å². The molecule has 104 valence electrons. The molecule has 6 heteroatoms. The zero-order valence-electron chi connectivity index (χ0n) is 10.4. The van der Waals surface area contributed by atoms with Crippen molar-refractivity contribution < 1.29 is 9.90 Å². The molecule has 3 N–H and O–H groups in total. The Balaban J connectivity index is 1.95. The van der Waals surface area contributed by atoms with Crippen LogP contribution < -0.4 is 10.6 Å². The Morgan fingerprint density at radius 3 is 2.30 bits per heavy atom. The Hall–Kier alpha value is -1.91. The van der Waals surface area contributed by atoms with Crippen molar-refractivity contribution in [3.8, 4) is 5.75 Å². The van der Waals surface area contributed by atoms with Crippen LogP contribution in [0.3, 0.4) is 0 Å². The number of phenolic OH excluding ortho intramolecular Hbond substituents is 1. The number of nitrogens with one attached hydrogen (secondary N) is 2. The summed E-state index contributed by atoms with van der Waals surface area (Å²) in [4.78, 5) is 11.7. The highest BCUT2D eigenvalue weighted by molar-refractivity contribution is 6.37. The predicted octanol–water partition coefficient (Wildman–Crippen LogP) is 4.02. The van der Waals surface area contributed by atoms with Crippen molar-refractivity contribution in [1.29, 1.82) is 0 Å². The standard InChI is InChI=1S/C14H12Cl2N2O2/c15-11-6-10(7-12(16)13(11)19)18-14(20)17-8-9-4-2-1-3-5-9/h1-7,19H,8H2,(H2,17,18,20). The highest BCUT2D eigenvalue weighted by atomic mass is 35.5. The maximum Gasteiger partial charge on any atom is 0.319 e. The molecule has 0 saturated carbocycles. The molecule has 4 nitrogen and oxygen atoms in total. The van der Waals surface area contributed by atoms with Gasteiger partial charge in [0, 0.05) is 12.2 Å². The number of hydrogen-bond donors (Lipinski definition) is 3. The number of carbonyl (C=O) groups is 1. The van der Waals surface area contributed by atoms with Crippen molar-refractivity contribution in [2.75, 3.05) is 5.32 Å². The quantitative estimate of drug-likeness (QED) is 0.750. The molecule has 0 aliphatic rings. The van der Waals surface area contributed by atoms with Gasteiger partial charge in [0.2, 0.25) is 0 Å². The van der Waals surface area contributed by atoms with Gasteiger partial charge in [-0.05, 0) is 17.7 Å². The lowest BCUT2D eigenvalue weighted by Crippen LogP contribution is -2.28. The van der Waals surface area contributed by atoms with Gasteiger partial charge in [-0.2, -0.15) is 0 Å². The number of hydrogen-bond acceptors (Lipinski definition) is 2. The smallest absolute Gasteiger partial charge is 0.319 e. The lowest BCUT2D eigenvalue weighted by molar-refractivity contribution is 0.251. The van der Waals surface area contributed by atoms with E-state index in [2.05, 4.69) is 10.6 Å². The molecular weight excluding hydrogens is 299 g/mol. The minimum atomic E-state index is -0.383. The van der Waals surface area contributed by atoms with Crippen molar-refractivity contribution in [2.24, 2.45) is 0 Å². The average molecular weight is 311 g/mol. The van der Waals surface area contributed by atoms with Crippen LogP contribution in [-0.4, -0.2) is 11.1 Å². The number of amides is 2. The Kier molecular flexibility index (Phi) is 4.71. The molecule has 0 aliphatic carbocycles. The fourth-order valence-corrected chi connectivity index (χ4v) is 2.08. The SMILES string of the molecule is O=C(NCc1ccccc1)Nc1cc(Cl)c(O)c(Cl)c1. The molecule has 0 unspecified atom stereocenters. The van der Waals surface area contributed by atoms with E-state index in [0.29, 0.717) is 12.2 Å². The summed E-state index contributed by atoms with van der Waals surface area (Å²) in [5.41, 5.74) is 1.40. The van der Waals surface area contributed by atoms with Gasteiger partial charge < -0.3 is 15.7 Å². The number of benzene rings is 2. The molecule has 2 amide bonds. The van der Waals surface area contributed by atoms with Crippen LogP contribution in [0, 0.1) is 0 Å². The lowest BCUT2D eigenvalue weighted by Gasteiger charge is -2.09. The molecular formula is C14H12Cl2N2O2. The van der Waals surface area contributed by atoms with Crippen LogP contribution in [0.1, 0.15) is 5.56 Å². The summed E-state index contributed by atoms with van der Waals surface area (Å²) in [6.45, 7) is 0.409. The summed E-state index contributed by atoms with van der Waals surface area (Å²) in [5, 5.41) is 14.9. The van der Waals surface area contributed by atoms with Gasteiger partial charge in [0.05, 0.1) is 10.0 Å². The maximum atomic E-state index is 11.7. The summed E-state index contributed by atoms with van der Waals surface area (Å²) in [7, 11) is 0. The first-order chi connectivity index (χ1) is 9.56. The fourth-order valence-electron chi connectivity index (χ4n) is 1.59. The summed E-state index contributed by atoms with van der Waals surface area (Å²) in [6, 6.07) is 12.0. The minimum Gasteiger partial charge on any atom is -0.505 e. The molecule has 2 rings (SSSR count). The average Bonchev–Trinajstić information content (AvgIpc) is 2.43. The van der Waals surface area contributed by atoms with Crippen LogP contribution in [-0.2, 0) is 6.54 Å². The summed E-state index contributed by atoms with van der Waals surface area (Å²) in [6.07, 6.45) is 0. The van der Waals surface area contributed by atoms with Crippen LogP contribution in [0.2, 0.25) is 10.0 Å². The first kappa shape index (κ1) is 14.5. The number of halogens is 2. The summed E-state index contributed by atoms with van der Waals surface area (Å²) in [5.74, 6) is -0.205. The predicted molar refractivity (Wildman–Crippen MR) is 80.4 cm³/mol. The van der Waals surface area contributed by atoms with Crippen LogP contribution in [0.25, 0.3) is 0 Å². The molecule has 2 aromatic rings. The second kappa shape index (κ2) is 6.50. The van der Waals surface area contributed by atoms with Crippen LogP contribution in [0.15, 0.2) is 42.5 Å². The van der Waals surface area contributed by atoms with Crippen LogP contribution in [0.5, 0.6) is 5.75 Å². The number of anilines is 1. The topological polar surface area (TPSA) is 61.4 Å². The van der Waals surface area contributed by atoms with Crippen molar-refractivity contribution >= 4 is 34.9 Å². The first-order valence-electron chi connectivity index (χ1n) is 5.83. The minimum absolute atomic E-state index is 0.0795. The van der Waals surface area contributed by atoms with E-state index in [1.165, 1.54) is 12.1 Å². The van der Waals surface area contributed by atoms with Gasteiger partial charge >= 0.3 is 6.03 Å². The first-order valence-corrected chi connectivity index (χ1v) is 6.58. The van der Waals surface area contributed by atoms with E-state index < -0.39 is 0 Å². The Morgan fingerprint density at radius 1 is 1.10 bits per heavy atom. The molecule has 0 aromatic heterocycles. The van der Waals surface area contributed by atoms with E-state index >= 15 is 0 Å². The van der Waals surface area contributed by atoms with E-state index in [1.807, 2.05) is 30.3 Å². The highest BCUT2D eigenvalue weighted by Crippen LogP contribution is 2.34. The van der Waals surface area contributed by atoms with Gasteiger partial charge in [-0.25, -0.2) is 4.79 Å². The van der Waals surface area contributed by atoms with Gasteiger partial charge in [0.15, 0.2) is 5.75 Å². The molecule has 0 bridgehead atoms. The third-order valence-corrected chi connectivity index (χ3v) is 3.15. The zero-order valence-corrected chi connectivity index (χ0v) is 11.9. The largest absolute Gasteiger partial charge is 0.505 e. The normalized spacial score (nSPS) is 10.1. The Labute approximate surface area is 126 Å². The molecule has 0 fully saturated rings. The molecule has 0 spiro atoms. The zero-order chi connectivity index (χ0) is 14.5. The summed E-state index contributed by atoms with van der Waals surface area (Å²) < 4.78 is 0. The van der Waals surface area contributed by atoms with E-state index in [0.717, 1.165) is 5.56 Å². The monoisotopic (exact) mass is 310 g/mol. The molecule has 20 heavy (non-hydrogen) atoms. The number of rotatable bonds is 3. The van der Waals surface area contributed by atoms with Crippen molar-refractivity contribution in [2.45, 2.75) is 6.54 Å². The lowest BCUT2D eigenvalue weighted by atomic mass is 10.2. The van der Waals surface area contributed by atoms with Gasteiger partial charge in [0.1, 0.15) is 0 Å². The highest BCUT2D eigenvalue weighted by Gasteiger charge is 2.08. The third-order valence-electron chi connectivity index (χ3n) is 2.57. The number of urea groups is 1. The van der Waals surface area contributed by atoms with E-state index in [1.54, 1.807) is 0 Å².